The molecule has 1 N–H and O–H groups in total. The number of amides is 1. The minimum Gasteiger partial charge on any atom is -0.488 e. The van der Waals surface area contributed by atoms with Crippen LogP contribution < -0.4 is 14.9 Å². The average molecular weight is 544 g/mol. The summed E-state index contributed by atoms with van der Waals surface area (Å²) >= 11 is 7.35. The number of ether oxygens (including phenoxy) is 2. The van der Waals surface area contributed by atoms with Gasteiger partial charge in [-0.2, -0.15) is 5.10 Å². The van der Waals surface area contributed by atoms with Crippen molar-refractivity contribution < 1.29 is 14.3 Å². The van der Waals surface area contributed by atoms with Crippen LogP contribution in [0.1, 0.15) is 21.3 Å². The van der Waals surface area contributed by atoms with Gasteiger partial charge >= 0.3 is 0 Å². The van der Waals surface area contributed by atoms with Crippen LogP contribution in [-0.2, 0) is 11.4 Å². The van der Waals surface area contributed by atoms with Gasteiger partial charge in [-0.1, -0.05) is 52.3 Å². The molecule has 0 atom stereocenters. The normalized spacial score (nSPS) is 13.8. The van der Waals surface area contributed by atoms with Crippen LogP contribution in [0, 0.1) is 0 Å². The first kappa shape index (κ1) is 23.7. The molecule has 5 nitrogen and oxygen atoms in total. The first-order valence-corrected chi connectivity index (χ1v) is 13.3. The molecule has 1 amide bonds. The first-order chi connectivity index (χ1) is 16.2. The fourth-order valence-corrected chi connectivity index (χ4v) is 6.21. The van der Waals surface area contributed by atoms with Crippen molar-refractivity contribution in [3.05, 3.63) is 94.0 Å². The molecule has 8 heteroatoms. The second-order valence-corrected chi connectivity index (χ2v) is 10.8. The molecular formula is C25H23BrN2O3S2. The predicted molar refractivity (Wildman–Crippen MR) is 140 cm³/mol. The van der Waals surface area contributed by atoms with Crippen LogP contribution in [0.2, 0.25) is 0 Å². The largest absolute Gasteiger partial charge is 0.488 e. The van der Waals surface area contributed by atoms with Gasteiger partial charge in [0.25, 0.3) is 5.91 Å². The highest BCUT2D eigenvalue weighted by Gasteiger charge is 2.18. The molecular weight excluding hydrogens is 520 g/mol. The molecule has 1 aliphatic heterocycles. The van der Waals surface area contributed by atoms with E-state index in [0.29, 0.717) is 22.7 Å². The molecule has 3 aromatic carbocycles. The third kappa shape index (κ3) is 7.28. The quantitative estimate of drug-likeness (QED) is 0.264. The Hall–Kier alpha value is -2.42. The molecule has 3 aromatic rings. The molecule has 1 heterocycles. The number of nitrogens with zero attached hydrogens (tertiary/aromatic N) is 1. The van der Waals surface area contributed by atoms with Crippen molar-refractivity contribution >= 4 is 51.6 Å². The Bertz CT molecular complexity index is 1090. The van der Waals surface area contributed by atoms with Gasteiger partial charge in [-0.15, -0.1) is 23.5 Å². The lowest BCUT2D eigenvalue weighted by Crippen LogP contribution is -2.24. The molecule has 0 aromatic heterocycles. The van der Waals surface area contributed by atoms with E-state index < -0.39 is 0 Å². The lowest BCUT2D eigenvalue weighted by Gasteiger charge is -2.10. The van der Waals surface area contributed by atoms with E-state index in [4.69, 9.17) is 9.47 Å². The summed E-state index contributed by atoms with van der Waals surface area (Å²) in [4.78, 5) is 12.1. The molecule has 4 rings (SSSR count). The molecule has 0 unspecified atom stereocenters. The highest BCUT2D eigenvalue weighted by atomic mass is 79.9. The third-order valence-electron chi connectivity index (χ3n) is 4.76. The Balaban J connectivity index is 1.24. The van der Waals surface area contributed by atoms with Crippen LogP contribution in [0.15, 0.2) is 82.4 Å². The van der Waals surface area contributed by atoms with Gasteiger partial charge in [0.05, 0.1) is 10.8 Å². The Labute approximate surface area is 210 Å². The zero-order chi connectivity index (χ0) is 22.9. The van der Waals surface area contributed by atoms with E-state index in [-0.39, 0.29) is 12.5 Å². The molecule has 0 spiro atoms. The Kier molecular flexibility index (Phi) is 8.74. The van der Waals surface area contributed by atoms with Crippen molar-refractivity contribution in [3.8, 4) is 11.5 Å². The van der Waals surface area contributed by atoms with Crippen molar-refractivity contribution in [2.75, 3.05) is 18.1 Å². The molecule has 0 bridgehead atoms. The minimum atomic E-state index is -0.328. The lowest BCUT2D eigenvalue weighted by molar-refractivity contribution is -0.123. The minimum absolute atomic E-state index is 0.106. The number of para-hydroxylation sites is 1. The molecule has 0 aliphatic carbocycles. The SMILES string of the molecule is O=C(COc1ccc(C2SCCS2)cc1)N/N=C\c1ccccc1OCc1ccc(Br)cc1. The number of carbonyl (C=O) groups excluding carboxylic acids is 1. The van der Waals surface area contributed by atoms with Crippen LogP contribution in [0.4, 0.5) is 0 Å². The maximum absolute atomic E-state index is 12.1. The average Bonchev–Trinajstić information content (AvgIpc) is 3.39. The van der Waals surface area contributed by atoms with Gasteiger partial charge in [0, 0.05) is 21.5 Å². The fourth-order valence-electron chi connectivity index (χ4n) is 3.09. The Morgan fingerprint density at radius 2 is 1.73 bits per heavy atom. The smallest absolute Gasteiger partial charge is 0.277 e. The number of halogens is 1. The van der Waals surface area contributed by atoms with Crippen molar-refractivity contribution in [1.29, 1.82) is 0 Å². The summed E-state index contributed by atoms with van der Waals surface area (Å²) in [5.41, 5.74) is 5.62. The molecule has 1 saturated heterocycles. The number of thioether (sulfide) groups is 2. The third-order valence-corrected chi connectivity index (χ3v) is 8.40. The summed E-state index contributed by atoms with van der Waals surface area (Å²) in [6.07, 6.45) is 1.57. The number of carbonyl (C=O) groups is 1. The van der Waals surface area contributed by atoms with E-state index in [9.17, 15) is 4.79 Å². The van der Waals surface area contributed by atoms with E-state index in [2.05, 4.69) is 38.6 Å². The van der Waals surface area contributed by atoms with E-state index in [1.165, 1.54) is 17.1 Å². The number of benzene rings is 3. The monoisotopic (exact) mass is 542 g/mol. The van der Waals surface area contributed by atoms with E-state index in [0.717, 1.165) is 15.6 Å². The second-order valence-electron chi connectivity index (χ2n) is 7.18. The Morgan fingerprint density at radius 3 is 2.48 bits per heavy atom. The van der Waals surface area contributed by atoms with Gasteiger partial charge in [0.15, 0.2) is 6.61 Å². The highest BCUT2D eigenvalue weighted by molar-refractivity contribution is 9.10. The summed E-state index contributed by atoms with van der Waals surface area (Å²) in [7, 11) is 0. The standard InChI is InChI=1S/C25H23BrN2O3S2/c26-21-9-5-18(6-10-21)16-31-23-4-2-1-3-20(23)15-27-28-24(29)17-30-22-11-7-19(8-12-22)25-32-13-14-33-25/h1-12,15,25H,13-14,16-17H2,(H,28,29)/b27-15-. The summed E-state index contributed by atoms with van der Waals surface area (Å²) < 4.78 is 13.0. The maximum Gasteiger partial charge on any atom is 0.277 e. The summed E-state index contributed by atoms with van der Waals surface area (Å²) in [5, 5.41) is 4.05. The van der Waals surface area contributed by atoms with Gasteiger partial charge in [0.1, 0.15) is 18.1 Å². The van der Waals surface area contributed by atoms with Gasteiger partial charge in [-0.3, -0.25) is 4.79 Å². The number of hydrogen-bond donors (Lipinski definition) is 1. The van der Waals surface area contributed by atoms with Gasteiger partial charge in [-0.25, -0.2) is 5.43 Å². The van der Waals surface area contributed by atoms with E-state index in [1.807, 2.05) is 84.2 Å². The molecule has 0 radical (unpaired) electrons. The summed E-state index contributed by atoms with van der Waals surface area (Å²) in [6.45, 7) is 0.334. The maximum atomic E-state index is 12.1. The van der Waals surface area contributed by atoms with Gasteiger partial charge in [-0.05, 0) is 47.5 Å². The molecule has 33 heavy (non-hydrogen) atoms. The predicted octanol–water partition coefficient (Wildman–Crippen LogP) is 6.04. The fraction of sp³-hybridized carbons (Fsp3) is 0.200. The van der Waals surface area contributed by atoms with Gasteiger partial charge < -0.3 is 9.47 Å². The van der Waals surface area contributed by atoms with Crippen molar-refractivity contribution in [3.63, 3.8) is 0 Å². The van der Waals surface area contributed by atoms with Crippen molar-refractivity contribution in [2.45, 2.75) is 11.2 Å². The van der Waals surface area contributed by atoms with Crippen molar-refractivity contribution in [2.24, 2.45) is 5.10 Å². The number of hydrogen-bond acceptors (Lipinski definition) is 6. The van der Waals surface area contributed by atoms with E-state index >= 15 is 0 Å². The second kappa shape index (κ2) is 12.2. The van der Waals surface area contributed by atoms with Gasteiger partial charge in [0.2, 0.25) is 0 Å². The Morgan fingerprint density at radius 1 is 1.00 bits per heavy atom. The highest BCUT2D eigenvalue weighted by Crippen LogP contribution is 2.45. The van der Waals surface area contributed by atoms with Crippen LogP contribution >= 0.6 is 39.5 Å². The van der Waals surface area contributed by atoms with Crippen LogP contribution in [0.25, 0.3) is 0 Å². The summed E-state index contributed by atoms with van der Waals surface area (Å²) in [5.74, 6) is 3.41. The topological polar surface area (TPSA) is 59.9 Å². The number of rotatable bonds is 9. The van der Waals surface area contributed by atoms with Crippen LogP contribution in [0.5, 0.6) is 11.5 Å². The molecule has 1 fully saturated rings. The molecule has 1 aliphatic rings. The number of hydrazone groups is 1. The lowest BCUT2D eigenvalue weighted by atomic mass is 10.2. The number of nitrogens with one attached hydrogen (secondary N) is 1. The summed E-state index contributed by atoms with van der Waals surface area (Å²) in [6, 6.07) is 23.4. The van der Waals surface area contributed by atoms with Crippen LogP contribution in [0.3, 0.4) is 0 Å². The van der Waals surface area contributed by atoms with E-state index in [1.54, 1.807) is 6.21 Å². The van der Waals surface area contributed by atoms with Crippen LogP contribution in [-0.4, -0.2) is 30.2 Å². The first-order valence-electron chi connectivity index (χ1n) is 10.4. The van der Waals surface area contributed by atoms with Crippen molar-refractivity contribution in [1.82, 2.24) is 5.43 Å². The molecule has 0 saturated carbocycles. The zero-order valence-electron chi connectivity index (χ0n) is 17.8. The zero-order valence-corrected chi connectivity index (χ0v) is 21.0. The molecule has 170 valence electrons.